The fraction of sp³-hybridized carbons (Fsp3) is 0.250. The normalized spacial score (nSPS) is 21.4. The molecule has 2 aliphatic heterocycles. The van der Waals surface area contributed by atoms with Crippen LogP contribution in [0.1, 0.15) is 19.4 Å². The Hall–Kier alpha value is -2.13. The van der Waals surface area contributed by atoms with Crippen molar-refractivity contribution in [1.29, 1.82) is 0 Å². The second-order valence-electron chi connectivity index (χ2n) is 5.53. The molecule has 2 heterocycles. The van der Waals surface area contributed by atoms with Crippen LogP contribution >= 0.6 is 27.7 Å². The Morgan fingerprint density at radius 2 is 2.16 bits per heavy atom. The van der Waals surface area contributed by atoms with E-state index in [4.69, 9.17) is 0 Å². The summed E-state index contributed by atoms with van der Waals surface area (Å²) in [5.41, 5.74) is 1.32. The summed E-state index contributed by atoms with van der Waals surface area (Å²) >= 11 is 4.47. The van der Waals surface area contributed by atoms with E-state index in [0.29, 0.717) is 17.8 Å². The van der Waals surface area contributed by atoms with Gasteiger partial charge in [0, 0.05) is 30.4 Å². The Kier molecular flexibility index (Phi) is 4.46. The Morgan fingerprint density at radius 1 is 1.44 bits per heavy atom. The monoisotopic (exact) mass is 422 g/mol. The van der Waals surface area contributed by atoms with Gasteiger partial charge in [0.2, 0.25) is 16.7 Å². The zero-order valence-corrected chi connectivity index (χ0v) is 16.0. The van der Waals surface area contributed by atoms with Crippen LogP contribution in [-0.4, -0.2) is 34.4 Å². The lowest BCUT2D eigenvalue weighted by Crippen LogP contribution is -2.48. The van der Waals surface area contributed by atoms with E-state index in [1.165, 1.54) is 13.8 Å². The molecular weight excluding hydrogens is 408 g/mol. The van der Waals surface area contributed by atoms with Gasteiger partial charge in [-0.25, -0.2) is 0 Å². The first-order valence-electron chi connectivity index (χ1n) is 7.40. The van der Waals surface area contributed by atoms with Crippen molar-refractivity contribution in [2.24, 2.45) is 5.10 Å². The third-order valence-corrected chi connectivity index (χ3v) is 5.51. The topological polar surface area (TPSA) is 82.1 Å². The van der Waals surface area contributed by atoms with Crippen molar-refractivity contribution < 1.29 is 14.4 Å². The number of rotatable bonds is 2. The van der Waals surface area contributed by atoms with Crippen molar-refractivity contribution in [2.45, 2.75) is 18.7 Å². The van der Waals surface area contributed by atoms with Crippen molar-refractivity contribution in [1.82, 2.24) is 10.3 Å². The zero-order valence-electron chi connectivity index (χ0n) is 13.6. The van der Waals surface area contributed by atoms with E-state index in [2.05, 4.69) is 32.9 Å². The van der Waals surface area contributed by atoms with Gasteiger partial charge in [-0.1, -0.05) is 22.0 Å². The van der Waals surface area contributed by atoms with Crippen LogP contribution in [0, 0.1) is 0 Å². The largest absolute Gasteiger partial charge is 0.305 e. The summed E-state index contributed by atoms with van der Waals surface area (Å²) in [7, 11) is 0. The molecule has 1 N–H and O–H groups in total. The molecule has 7 nitrogen and oxygen atoms in total. The third-order valence-electron chi connectivity index (χ3n) is 3.78. The molecule has 3 amide bonds. The van der Waals surface area contributed by atoms with Gasteiger partial charge in [0.1, 0.15) is 0 Å². The van der Waals surface area contributed by atoms with Crippen LogP contribution < -0.4 is 10.2 Å². The third kappa shape index (κ3) is 2.67. The summed E-state index contributed by atoms with van der Waals surface area (Å²) in [6, 6.07) is 5.44. The minimum Gasteiger partial charge on any atom is -0.305 e. The number of thioether (sulfide) groups is 1. The average Bonchev–Trinajstić information content (AvgIpc) is 3.00. The number of nitrogens with one attached hydrogen (secondary N) is 1. The molecule has 2 aliphatic rings. The molecule has 130 valence electrons. The molecule has 0 aliphatic carbocycles. The van der Waals surface area contributed by atoms with Gasteiger partial charge in [0.25, 0.3) is 5.91 Å². The van der Waals surface area contributed by atoms with E-state index in [0.717, 1.165) is 21.2 Å². The molecule has 0 fully saturated rings. The highest BCUT2D eigenvalue weighted by Crippen LogP contribution is 2.54. The number of carbonyl (C=O) groups is 3. The fourth-order valence-electron chi connectivity index (χ4n) is 2.89. The van der Waals surface area contributed by atoms with Crippen molar-refractivity contribution in [3.05, 3.63) is 40.9 Å². The van der Waals surface area contributed by atoms with Crippen LogP contribution in [0.5, 0.6) is 0 Å². The number of anilines is 1. The summed E-state index contributed by atoms with van der Waals surface area (Å²) < 4.78 is 0.774. The van der Waals surface area contributed by atoms with Crippen molar-refractivity contribution >= 4 is 56.3 Å². The van der Waals surface area contributed by atoms with Gasteiger partial charge >= 0.3 is 0 Å². The highest BCUT2D eigenvalue weighted by atomic mass is 79.9. The Bertz CT molecular complexity index is 841. The maximum Gasteiger partial charge on any atom is 0.271 e. The second-order valence-corrected chi connectivity index (χ2v) is 7.63. The van der Waals surface area contributed by atoms with Crippen molar-refractivity contribution in [2.75, 3.05) is 11.4 Å². The van der Waals surface area contributed by atoms with Gasteiger partial charge in [0.15, 0.2) is 5.17 Å². The van der Waals surface area contributed by atoms with Gasteiger partial charge in [0.05, 0.1) is 5.69 Å². The van der Waals surface area contributed by atoms with Crippen LogP contribution in [-0.2, 0) is 19.3 Å². The molecule has 0 saturated carbocycles. The number of amides is 3. The lowest BCUT2D eigenvalue weighted by molar-refractivity contribution is -0.139. The molecule has 0 unspecified atom stereocenters. The van der Waals surface area contributed by atoms with E-state index < -0.39 is 10.8 Å². The standard InChI is InChI=1S/C16H15BrN4O3S/c1-4-7-20-13-6-5-11(17)8-12(13)16(14(20)24)21(10(3)23)19-15(25-16)18-9(2)22/h4-6,8H,1,7H2,2-3H3,(H,18,19,22)/t16-/m0/s1. The number of hydrogen-bond acceptors (Lipinski definition) is 5. The molecule has 0 radical (unpaired) electrons. The predicted octanol–water partition coefficient (Wildman–Crippen LogP) is 2.14. The summed E-state index contributed by atoms with van der Waals surface area (Å²) in [4.78, 5) is 37.1. The minimum absolute atomic E-state index is 0.211. The minimum atomic E-state index is -1.37. The highest BCUT2D eigenvalue weighted by molar-refractivity contribution is 9.10. The van der Waals surface area contributed by atoms with E-state index >= 15 is 0 Å². The van der Waals surface area contributed by atoms with Gasteiger partial charge in [-0.2, -0.15) is 5.01 Å². The quantitative estimate of drug-likeness (QED) is 0.740. The maximum absolute atomic E-state index is 13.3. The summed E-state index contributed by atoms with van der Waals surface area (Å²) in [6.07, 6.45) is 1.62. The van der Waals surface area contributed by atoms with Gasteiger partial charge in [-0.05, 0) is 30.0 Å². The van der Waals surface area contributed by atoms with Crippen LogP contribution in [0.15, 0.2) is 40.4 Å². The smallest absolute Gasteiger partial charge is 0.271 e. The van der Waals surface area contributed by atoms with E-state index in [9.17, 15) is 14.4 Å². The molecule has 1 atom stereocenters. The van der Waals surface area contributed by atoms with Gasteiger partial charge in [-0.15, -0.1) is 11.7 Å². The van der Waals surface area contributed by atoms with Gasteiger partial charge < -0.3 is 10.2 Å². The SMILES string of the molecule is C=CCN1C(=O)[C@@]2(SC(NC(C)=O)=NN2C(C)=O)c2cc(Br)ccc21. The maximum atomic E-state index is 13.3. The molecular formula is C16H15BrN4O3S. The molecule has 1 spiro atoms. The molecule has 0 bridgehead atoms. The van der Waals surface area contributed by atoms with Crippen LogP contribution in [0.2, 0.25) is 0 Å². The first-order valence-corrected chi connectivity index (χ1v) is 9.01. The van der Waals surface area contributed by atoms with E-state index in [1.807, 2.05) is 12.1 Å². The predicted molar refractivity (Wildman–Crippen MR) is 99.7 cm³/mol. The number of fused-ring (bicyclic) bond motifs is 2. The van der Waals surface area contributed by atoms with Gasteiger partial charge in [-0.3, -0.25) is 14.4 Å². The first-order chi connectivity index (χ1) is 11.8. The van der Waals surface area contributed by atoms with Crippen molar-refractivity contribution in [3.63, 3.8) is 0 Å². The fourth-order valence-corrected chi connectivity index (χ4v) is 4.58. The van der Waals surface area contributed by atoms with E-state index in [1.54, 1.807) is 17.0 Å². The highest BCUT2D eigenvalue weighted by Gasteiger charge is 2.61. The molecule has 0 aromatic heterocycles. The number of nitrogens with zero attached hydrogens (tertiary/aromatic N) is 3. The summed E-state index contributed by atoms with van der Waals surface area (Å²) in [5.74, 6) is -1.02. The van der Waals surface area contributed by atoms with Crippen LogP contribution in [0.25, 0.3) is 0 Å². The summed E-state index contributed by atoms with van der Waals surface area (Å²) in [5, 5.41) is 8.10. The Balaban J connectivity index is 2.18. The van der Waals surface area contributed by atoms with Crippen LogP contribution in [0.3, 0.4) is 0 Å². The lowest BCUT2D eigenvalue weighted by atomic mass is 10.1. The molecule has 0 saturated heterocycles. The molecule has 3 rings (SSSR count). The molecule has 1 aromatic rings. The second kappa shape index (κ2) is 6.30. The number of halogens is 1. The average molecular weight is 423 g/mol. The van der Waals surface area contributed by atoms with Crippen LogP contribution in [0.4, 0.5) is 5.69 Å². The number of amidine groups is 1. The zero-order chi connectivity index (χ0) is 18.4. The molecule has 1 aromatic carbocycles. The lowest BCUT2D eigenvalue weighted by Gasteiger charge is -2.29. The molecule has 25 heavy (non-hydrogen) atoms. The Morgan fingerprint density at radius 3 is 2.76 bits per heavy atom. The Labute approximate surface area is 157 Å². The number of benzene rings is 1. The summed E-state index contributed by atoms with van der Waals surface area (Å²) in [6.45, 7) is 6.68. The molecule has 9 heteroatoms. The van der Waals surface area contributed by atoms with Crippen molar-refractivity contribution in [3.8, 4) is 0 Å². The number of hydrogen-bond donors (Lipinski definition) is 1. The first kappa shape index (κ1) is 17.7. The number of hydrazone groups is 1. The van der Waals surface area contributed by atoms with E-state index in [-0.39, 0.29) is 17.0 Å². The number of carbonyl (C=O) groups excluding carboxylic acids is 3.